The van der Waals surface area contributed by atoms with E-state index in [9.17, 15) is 17.2 Å². The third-order valence-electron chi connectivity index (χ3n) is 3.63. The van der Waals surface area contributed by atoms with Crippen LogP contribution in [-0.4, -0.2) is 34.9 Å². The van der Waals surface area contributed by atoms with Crippen LogP contribution in [0.4, 0.5) is 8.78 Å². The molecule has 2 heterocycles. The maximum absolute atomic E-state index is 14.3. The largest absolute Gasteiger partial charge is 0.325 e. The molecule has 6 nitrogen and oxygen atoms in total. The molecule has 2 aromatic rings. The number of halogens is 2. The average molecular weight is 340 g/mol. The first-order chi connectivity index (χ1) is 10.9. The maximum Gasteiger partial charge on any atom is 0.154 e. The number of aromatic nitrogens is 3. The van der Waals surface area contributed by atoms with Gasteiger partial charge in [-0.15, -0.1) is 5.10 Å². The molecule has 2 N–H and O–H groups in total. The first-order valence-electron chi connectivity index (χ1n) is 6.90. The molecule has 1 aromatic heterocycles. The third-order valence-corrected chi connectivity index (χ3v) is 5.13. The normalized spacial score (nSPS) is 17.1. The monoisotopic (exact) mass is 340 g/mol. The highest BCUT2D eigenvalue weighted by molar-refractivity contribution is 7.91. The molecule has 23 heavy (non-hydrogen) atoms. The summed E-state index contributed by atoms with van der Waals surface area (Å²) in [5, 5.41) is 7.52. The van der Waals surface area contributed by atoms with Crippen molar-refractivity contribution < 1.29 is 17.2 Å². The Labute approximate surface area is 131 Å². The molecule has 0 radical (unpaired) electrons. The molecule has 9 heteroatoms. The molecule has 0 saturated carbocycles. The van der Waals surface area contributed by atoms with Crippen LogP contribution in [0, 0.1) is 11.6 Å². The fraction of sp³-hybridized carbons (Fsp3) is 0.286. The molecule has 0 saturated heterocycles. The Hall–Kier alpha value is -2.13. The SMILES string of the molecule is NCc1cn(-c2cc(F)c(C3=CCS(=O)(=O)CC3)c(F)c2)nn1. The highest BCUT2D eigenvalue weighted by atomic mass is 32.2. The Morgan fingerprint density at radius 2 is 1.96 bits per heavy atom. The molecule has 122 valence electrons. The van der Waals surface area contributed by atoms with Gasteiger partial charge in [-0.25, -0.2) is 21.9 Å². The first kappa shape index (κ1) is 15.8. The minimum atomic E-state index is -3.16. The Balaban J connectivity index is 2.00. The van der Waals surface area contributed by atoms with E-state index >= 15 is 0 Å². The summed E-state index contributed by atoms with van der Waals surface area (Å²) in [6.07, 6.45) is 2.94. The van der Waals surface area contributed by atoms with Crippen molar-refractivity contribution in [3.8, 4) is 5.69 Å². The van der Waals surface area contributed by atoms with E-state index in [0.29, 0.717) is 11.3 Å². The van der Waals surface area contributed by atoms with Crippen molar-refractivity contribution in [3.05, 3.63) is 47.3 Å². The lowest BCUT2D eigenvalue weighted by atomic mass is 10.0. The molecule has 0 unspecified atom stereocenters. The van der Waals surface area contributed by atoms with Crippen LogP contribution in [0.1, 0.15) is 17.7 Å². The van der Waals surface area contributed by atoms with Crippen molar-refractivity contribution in [3.63, 3.8) is 0 Å². The quantitative estimate of drug-likeness (QED) is 0.907. The van der Waals surface area contributed by atoms with E-state index in [4.69, 9.17) is 5.73 Å². The fourth-order valence-corrected chi connectivity index (χ4v) is 3.58. The van der Waals surface area contributed by atoms with Crippen LogP contribution in [0.2, 0.25) is 0 Å². The smallest absolute Gasteiger partial charge is 0.154 e. The first-order valence-corrected chi connectivity index (χ1v) is 8.72. The highest BCUT2D eigenvalue weighted by Gasteiger charge is 2.22. The standard InChI is InChI=1S/C14H14F2N4O2S/c15-12-5-11(20-8-10(7-17)18-19-20)6-13(16)14(12)9-1-3-23(21,22)4-2-9/h1,5-6,8H,2-4,7,17H2. The Bertz CT molecular complexity index is 867. The van der Waals surface area contributed by atoms with Crippen molar-refractivity contribution in [2.75, 3.05) is 11.5 Å². The summed E-state index contributed by atoms with van der Waals surface area (Å²) in [7, 11) is -3.16. The van der Waals surface area contributed by atoms with Crippen LogP contribution in [0.15, 0.2) is 24.4 Å². The van der Waals surface area contributed by atoms with Crippen molar-refractivity contribution in [2.24, 2.45) is 5.73 Å². The van der Waals surface area contributed by atoms with Crippen LogP contribution in [0.3, 0.4) is 0 Å². The van der Waals surface area contributed by atoms with Crippen molar-refractivity contribution in [1.82, 2.24) is 15.0 Å². The lowest BCUT2D eigenvalue weighted by Crippen LogP contribution is -2.16. The van der Waals surface area contributed by atoms with Crippen LogP contribution in [-0.2, 0) is 16.4 Å². The van der Waals surface area contributed by atoms with Gasteiger partial charge in [0, 0.05) is 24.2 Å². The summed E-state index contributed by atoms with van der Waals surface area (Å²) in [6.45, 7) is 0.171. The van der Waals surface area contributed by atoms with Gasteiger partial charge in [0.25, 0.3) is 0 Å². The van der Waals surface area contributed by atoms with E-state index in [1.165, 1.54) is 17.0 Å². The average Bonchev–Trinajstić information content (AvgIpc) is 2.97. The summed E-state index contributed by atoms with van der Waals surface area (Å²) in [5.41, 5.74) is 6.27. The van der Waals surface area contributed by atoms with E-state index in [2.05, 4.69) is 10.3 Å². The van der Waals surface area contributed by atoms with Gasteiger partial charge in [-0.1, -0.05) is 11.3 Å². The number of allylic oxidation sites excluding steroid dienone is 1. The Morgan fingerprint density at radius 3 is 2.48 bits per heavy atom. The van der Waals surface area contributed by atoms with Crippen LogP contribution >= 0.6 is 0 Å². The van der Waals surface area contributed by atoms with Gasteiger partial charge in [0.2, 0.25) is 0 Å². The molecule has 0 amide bonds. The molecule has 1 aliphatic rings. The Morgan fingerprint density at radius 1 is 1.26 bits per heavy atom. The highest BCUT2D eigenvalue weighted by Crippen LogP contribution is 2.29. The summed E-state index contributed by atoms with van der Waals surface area (Å²) in [4.78, 5) is 0. The van der Waals surface area contributed by atoms with Gasteiger partial charge < -0.3 is 5.73 Å². The van der Waals surface area contributed by atoms with Crippen molar-refractivity contribution in [2.45, 2.75) is 13.0 Å². The minimum Gasteiger partial charge on any atom is -0.325 e. The predicted molar refractivity (Wildman–Crippen MR) is 80.4 cm³/mol. The number of rotatable bonds is 3. The number of nitrogens with two attached hydrogens (primary N) is 1. The van der Waals surface area contributed by atoms with Crippen LogP contribution in [0.5, 0.6) is 0 Å². The summed E-state index contributed by atoms with van der Waals surface area (Å²) in [5.74, 6) is -1.85. The number of hydrogen-bond acceptors (Lipinski definition) is 5. The van der Waals surface area contributed by atoms with E-state index < -0.39 is 21.5 Å². The van der Waals surface area contributed by atoms with Gasteiger partial charge in [-0.3, -0.25) is 0 Å². The number of sulfone groups is 1. The number of hydrogen-bond donors (Lipinski definition) is 1. The van der Waals surface area contributed by atoms with E-state index in [1.54, 1.807) is 0 Å². The second-order valence-corrected chi connectivity index (χ2v) is 7.47. The lowest BCUT2D eigenvalue weighted by Gasteiger charge is -2.15. The van der Waals surface area contributed by atoms with Crippen LogP contribution in [0.25, 0.3) is 11.3 Å². The molecule has 0 atom stereocenters. The molecule has 3 rings (SSSR count). The number of nitrogens with zero attached hydrogens (tertiary/aromatic N) is 3. The van der Waals surface area contributed by atoms with Gasteiger partial charge in [0.1, 0.15) is 11.6 Å². The predicted octanol–water partition coefficient (Wildman–Crippen LogP) is 1.21. The molecule has 0 bridgehead atoms. The van der Waals surface area contributed by atoms with Gasteiger partial charge in [-0.2, -0.15) is 0 Å². The molecular formula is C14H14F2N4O2S. The van der Waals surface area contributed by atoms with Gasteiger partial charge in [-0.05, 0) is 12.0 Å². The third kappa shape index (κ3) is 3.15. The lowest BCUT2D eigenvalue weighted by molar-refractivity contribution is 0.570. The van der Waals surface area contributed by atoms with Crippen molar-refractivity contribution in [1.29, 1.82) is 0 Å². The minimum absolute atomic E-state index is 0.0934. The van der Waals surface area contributed by atoms with Crippen molar-refractivity contribution >= 4 is 15.4 Å². The second-order valence-electron chi connectivity index (χ2n) is 5.24. The Kier molecular flexibility index (Phi) is 3.99. The summed E-state index contributed by atoms with van der Waals surface area (Å²) < 4.78 is 52.7. The van der Waals surface area contributed by atoms with Gasteiger partial charge in [0.05, 0.1) is 29.1 Å². The van der Waals surface area contributed by atoms with E-state index in [-0.39, 0.29) is 35.7 Å². The zero-order valence-corrected chi connectivity index (χ0v) is 12.9. The van der Waals surface area contributed by atoms with Gasteiger partial charge >= 0.3 is 0 Å². The molecule has 1 aliphatic heterocycles. The van der Waals surface area contributed by atoms with E-state index in [0.717, 1.165) is 12.1 Å². The van der Waals surface area contributed by atoms with Gasteiger partial charge in [0.15, 0.2) is 9.84 Å². The fourth-order valence-electron chi connectivity index (χ4n) is 2.42. The summed E-state index contributed by atoms with van der Waals surface area (Å²) >= 11 is 0. The zero-order chi connectivity index (χ0) is 16.6. The molecule has 0 aliphatic carbocycles. The molecule has 1 aromatic carbocycles. The van der Waals surface area contributed by atoms with Crippen LogP contribution < -0.4 is 5.73 Å². The maximum atomic E-state index is 14.3. The molecule has 0 spiro atoms. The second kappa shape index (κ2) is 5.82. The molecular weight excluding hydrogens is 326 g/mol. The van der Waals surface area contributed by atoms with E-state index in [1.807, 2.05) is 0 Å². The topological polar surface area (TPSA) is 90.9 Å². The summed E-state index contributed by atoms with van der Waals surface area (Å²) in [6, 6.07) is 2.27. The molecule has 0 fully saturated rings. The zero-order valence-electron chi connectivity index (χ0n) is 12.0. The number of benzene rings is 1.